The molecule has 0 nitrogen and oxygen atoms in total. The molecule has 0 heterocycles. The summed E-state index contributed by atoms with van der Waals surface area (Å²) in [6, 6.07) is 0. The number of rotatable bonds is 0. The van der Waals surface area contributed by atoms with Crippen LogP contribution in [0.1, 0.15) is 66.2 Å². The van der Waals surface area contributed by atoms with Crippen LogP contribution in [0.15, 0.2) is 0 Å². The highest BCUT2D eigenvalue weighted by Gasteiger charge is 2.58. The molecule has 2 rings (SSSR count). The van der Waals surface area contributed by atoms with Crippen molar-refractivity contribution < 1.29 is 0 Å². The lowest BCUT2D eigenvalue weighted by molar-refractivity contribution is 0.00356. The van der Waals surface area contributed by atoms with E-state index in [9.17, 15) is 0 Å². The highest BCUT2D eigenvalue weighted by Crippen LogP contribution is 2.68. The van der Waals surface area contributed by atoms with Gasteiger partial charge in [-0.25, -0.2) is 0 Å². The molecule has 13 heavy (non-hydrogen) atoms. The van der Waals surface area contributed by atoms with Crippen LogP contribution in [-0.4, -0.2) is 0 Å². The Bertz CT molecular complexity index is 186. The van der Waals surface area contributed by atoms with Crippen molar-refractivity contribution >= 4 is 0 Å². The van der Waals surface area contributed by atoms with Crippen molar-refractivity contribution in [1.82, 2.24) is 0 Å². The summed E-state index contributed by atoms with van der Waals surface area (Å²) in [7, 11) is 0. The van der Waals surface area contributed by atoms with Crippen molar-refractivity contribution in [2.45, 2.75) is 66.2 Å². The lowest BCUT2D eigenvalue weighted by Gasteiger charge is -2.48. The van der Waals surface area contributed by atoms with Crippen molar-refractivity contribution in [3.8, 4) is 0 Å². The fourth-order valence-electron chi connectivity index (χ4n) is 4.54. The van der Waals surface area contributed by atoms with Gasteiger partial charge in [-0.05, 0) is 41.9 Å². The number of hydrogen-bond donors (Lipinski definition) is 0. The Hall–Kier alpha value is 0. The standard InChI is InChI=1S/C13H24/c1-11(2)7-5-9-13(11)10-6-8-12(13,3)4/h5-10H2,1-4H3. The quantitative estimate of drug-likeness (QED) is 0.518. The van der Waals surface area contributed by atoms with Crippen LogP contribution in [0.3, 0.4) is 0 Å². The first-order valence-corrected chi connectivity index (χ1v) is 5.91. The first-order valence-electron chi connectivity index (χ1n) is 5.91. The minimum atomic E-state index is 0.604. The van der Waals surface area contributed by atoms with E-state index in [1.807, 2.05) is 0 Å². The summed E-state index contributed by atoms with van der Waals surface area (Å²) in [4.78, 5) is 0. The van der Waals surface area contributed by atoms with Gasteiger partial charge in [0.05, 0.1) is 0 Å². The Labute approximate surface area is 83.1 Å². The van der Waals surface area contributed by atoms with E-state index in [1.165, 1.54) is 38.5 Å². The van der Waals surface area contributed by atoms with Crippen LogP contribution < -0.4 is 0 Å². The van der Waals surface area contributed by atoms with Crippen LogP contribution in [0, 0.1) is 16.2 Å². The Morgan fingerprint density at radius 1 is 0.615 bits per heavy atom. The van der Waals surface area contributed by atoms with Crippen LogP contribution in [0.4, 0.5) is 0 Å². The highest BCUT2D eigenvalue weighted by molar-refractivity contribution is 5.08. The van der Waals surface area contributed by atoms with Gasteiger partial charge >= 0.3 is 0 Å². The van der Waals surface area contributed by atoms with Crippen LogP contribution in [0.25, 0.3) is 0 Å². The van der Waals surface area contributed by atoms with Gasteiger partial charge in [-0.1, -0.05) is 40.5 Å². The number of hydrogen-bond acceptors (Lipinski definition) is 0. The largest absolute Gasteiger partial charge is 0.0594 e. The van der Waals surface area contributed by atoms with E-state index in [2.05, 4.69) is 27.7 Å². The second kappa shape index (κ2) is 2.52. The fraction of sp³-hybridized carbons (Fsp3) is 1.00. The molecule has 0 unspecified atom stereocenters. The van der Waals surface area contributed by atoms with Crippen molar-refractivity contribution in [2.24, 2.45) is 16.2 Å². The maximum Gasteiger partial charge on any atom is -0.0195 e. The summed E-state index contributed by atoms with van der Waals surface area (Å²) in [5, 5.41) is 0. The monoisotopic (exact) mass is 180 g/mol. The molecule has 2 aliphatic rings. The molecule has 0 radical (unpaired) electrons. The second-order valence-electron chi connectivity index (χ2n) is 6.56. The smallest absolute Gasteiger partial charge is 0.0195 e. The van der Waals surface area contributed by atoms with Crippen molar-refractivity contribution in [1.29, 1.82) is 0 Å². The molecule has 0 N–H and O–H groups in total. The highest BCUT2D eigenvalue weighted by atomic mass is 14.6. The van der Waals surface area contributed by atoms with Gasteiger partial charge in [0.15, 0.2) is 0 Å². The van der Waals surface area contributed by atoms with Gasteiger partial charge in [-0.3, -0.25) is 0 Å². The van der Waals surface area contributed by atoms with Crippen LogP contribution in [0.2, 0.25) is 0 Å². The molecule has 0 saturated heterocycles. The first kappa shape index (κ1) is 9.55. The average Bonchev–Trinajstić information content (AvgIpc) is 2.41. The molecule has 0 bridgehead atoms. The molecule has 2 saturated carbocycles. The Balaban J connectivity index is 2.39. The lowest BCUT2D eigenvalue weighted by Crippen LogP contribution is -2.41. The molecule has 0 aliphatic heterocycles. The van der Waals surface area contributed by atoms with E-state index in [1.54, 1.807) is 0 Å². The zero-order chi connectivity index (χ0) is 9.74. The Kier molecular flexibility index (Phi) is 1.85. The van der Waals surface area contributed by atoms with E-state index in [0.29, 0.717) is 16.2 Å². The second-order valence-corrected chi connectivity index (χ2v) is 6.56. The van der Waals surface area contributed by atoms with Gasteiger partial charge in [0.1, 0.15) is 0 Å². The summed E-state index contributed by atoms with van der Waals surface area (Å²) < 4.78 is 0. The molecular weight excluding hydrogens is 156 g/mol. The Morgan fingerprint density at radius 2 is 1.00 bits per heavy atom. The maximum absolute atomic E-state index is 2.51. The summed E-state index contributed by atoms with van der Waals surface area (Å²) in [5.41, 5.74) is 1.89. The van der Waals surface area contributed by atoms with E-state index < -0.39 is 0 Å². The topological polar surface area (TPSA) is 0 Å². The summed E-state index contributed by atoms with van der Waals surface area (Å²) >= 11 is 0. The fourth-order valence-corrected chi connectivity index (χ4v) is 4.54. The van der Waals surface area contributed by atoms with E-state index in [-0.39, 0.29) is 0 Å². The molecule has 0 aromatic heterocycles. The van der Waals surface area contributed by atoms with Gasteiger partial charge in [0, 0.05) is 0 Å². The SMILES string of the molecule is CC1(C)CCCC12CCCC2(C)C. The van der Waals surface area contributed by atoms with Crippen molar-refractivity contribution in [3.63, 3.8) is 0 Å². The van der Waals surface area contributed by atoms with Gasteiger partial charge in [0.2, 0.25) is 0 Å². The predicted molar refractivity (Wildman–Crippen MR) is 57.7 cm³/mol. The molecule has 2 fully saturated rings. The zero-order valence-corrected chi connectivity index (χ0v) is 9.74. The molecule has 0 aromatic carbocycles. The molecule has 0 heteroatoms. The van der Waals surface area contributed by atoms with Gasteiger partial charge in [0.25, 0.3) is 0 Å². The Morgan fingerprint density at radius 3 is 1.23 bits per heavy atom. The van der Waals surface area contributed by atoms with Crippen LogP contribution >= 0.6 is 0 Å². The van der Waals surface area contributed by atoms with E-state index in [4.69, 9.17) is 0 Å². The van der Waals surface area contributed by atoms with Gasteiger partial charge in [-0.15, -0.1) is 0 Å². The van der Waals surface area contributed by atoms with Gasteiger partial charge < -0.3 is 0 Å². The van der Waals surface area contributed by atoms with Crippen LogP contribution in [-0.2, 0) is 0 Å². The zero-order valence-electron chi connectivity index (χ0n) is 9.74. The maximum atomic E-state index is 2.51. The van der Waals surface area contributed by atoms with E-state index in [0.717, 1.165) is 0 Å². The van der Waals surface area contributed by atoms with Crippen LogP contribution in [0.5, 0.6) is 0 Å². The summed E-state index contributed by atoms with van der Waals surface area (Å²) in [6.45, 7) is 10.0. The molecule has 2 aliphatic carbocycles. The molecule has 1 spiro atoms. The molecular formula is C13H24. The third-order valence-electron chi connectivity index (χ3n) is 5.40. The molecule has 0 aromatic rings. The minimum absolute atomic E-state index is 0.604. The average molecular weight is 180 g/mol. The van der Waals surface area contributed by atoms with Gasteiger partial charge in [-0.2, -0.15) is 0 Å². The minimum Gasteiger partial charge on any atom is -0.0594 e. The normalized spacial score (nSPS) is 34.2. The first-order chi connectivity index (χ1) is 5.91. The molecule has 76 valence electrons. The van der Waals surface area contributed by atoms with Crippen molar-refractivity contribution in [3.05, 3.63) is 0 Å². The lowest BCUT2D eigenvalue weighted by atomic mass is 9.56. The predicted octanol–water partition coefficient (Wildman–Crippen LogP) is 4.39. The molecule has 0 amide bonds. The van der Waals surface area contributed by atoms with Crippen molar-refractivity contribution in [2.75, 3.05) is 0 Å². The third-order valence-corrected chi connectivity index (χ3v) is 5.40. The van der Waals surface area contributed by atoms with E-state index >= 15 is 0 Å². The summed E-state index contributed by atoms with van der Waals surface area (Å²) in [5.74, 6) is 0. The molecule has 0 atom stereocenters. The summed E-state index contributed by atoms with van der Waals surface area (Å²) in [6.07, 6.45) is 8.83. The third kappa shape index (κ3) is 1.04.